The van der Waals surface area contributed by atoms with Crippen LogP contribution in [-0.4, -0.2) is 29.9 Å². The molecule has 1 aromatic heterocycles. The lowest BCUT2D eigenvalue weighted by molar-refractivity contribution is 0.570. The number of nitrogens with zero attached hydrogens (tertiary/aromatic N) is 3. The first kappa shape index (κ1) is 9.37. The van der Waals surface area contributed by atoms with E-state index >= 15 is 0 Å². The maximum absolute atomic E-state index is 4.49. The van der Waals surface area contributed by atoms with Crippen LogP contribution >= 0.6 is 0 Å². The number of hydrogen-bond donors (Lipinski definition) is 1. The van der Waals surface area contributed by atoms with Crippen LogP contribution in [0.15, 0.2) is 6.07 Å². The van der Waals surface area contributed by atoms with E-state index in [1.807, 2.05) is 18.8 Å². The van der Waals surface area contributed by atoms with Crippen LogP contribution in [-0.2, 0) is 7.05 Å². The van der Waals surface area contributed by atoms with Gasteiger partial charge in [-0.1, -0.05) is 0 Å². The van der Waals surface area contributed by atoms with Crippen molar-refractivity contribution in [2.24, 2.45) is 7.05 Å². The average molecular weight is 194 g/mol. The molecular weight excluding hydrogens is 176 g/mol. The summed E-state index contributed by atoms with van der Waals surface area (Å²) in [5.74, 6) is 2.18. The predicted molar refractivity (Wildman–Crippen MR) is 58.8 cm³/mol. The zero-order chi connectivity index (χ0) is 9.97. The highest BCUT2D eigenvalue weighted by Crippen LogP contribution is 2.21. The second kappa shape index (κ2) is 3.90. The number of aromatic nitrogens is 2. The van der Waals surface area contributed by atoms with E-state index in [2.05, 4.69) is 21.4 Å². The number of nitrogens with one attached hydrogen (secondary N) is 1. The van der Waals surface area contributed by atoms with E-state index in [4.69, 9.17) is 0 Å². The van der Waals surface area contributed by atoms with Gasteiger partial charge in [0.25, 0.3) is 0 Å². The number of rotatable bonds is 2. The summed E-state index contributed by atoms with van der Waals surface area (Å²) in [6.45, 7) is 2.31. The Morgan fingerprint density at radius 1 is 1.29 bits per heavy atom. The van der Waals surface area contributed by atoms with Gasteiger partial charge in [0.05, 0.1) is 0 Å². The van der Waals surface area contributed by atoms with E-state index in [0.717, 1.165) is 24.7 Å². The summed E-state index contributed by atoms with van der Waals surface area (Å²) >= 11 is 0. The minimum atomic E-state index is 1.07. The van der Waals surface area contributed by atoms with Gasteiger partial charge in [0.15, 0.2) is 5.82 Å². The maximum atomic E-state index is 4.49. The van der Waals surface area contributed by atoms with Gasteiger partial charge in [0.2, 0.25) is 0 Å². The molecule has 1 aliphatic rings. The first-order valence-electron chi connectivity index (χ1n) is 5.28. The Kier molecular flexibility index (Phi) is 2.61. The molecule has 0 amide bonds. The lowest BCUT2D eigenvalue weighted by Crippen LogP contribution is -2.29. The third-order valence-electron chi connectivity index (χ3n) is 2.80. The summed E-state index contributed by atoms with van der Waals surface area (Å²) in [5, 5.41) is 7.61. The van der Waals surface area contributed by atoms with E-state index < -0.39 is 0 Å². The van der Waals surface area contributed by atoms with Crippen molar-refractivity contribution in [2.45, 2.75) is 19.3 Å². The van der Waals surface area contributed by atoms with Crippen molar-refractivity contribution in [1.82, 2.24) is 9.78 Å². The lowest BCUT2D eigenvalue weighted by atomic mass is 10.1. The van der Waals surface area contributed by atoms with Crippen LogP contribution in [0, 0.1) is 0 Å². The second-order valence-corrected chi connectivity index (χ2v) is 3.81. The molecule has 1 aromatic rings. The SMILES string of the molecule is CNc1cc(N2CCCCC2)nn1C. The Hall–Kier alpha value is -1.19. The Bertz CT molecular complexity index is 299. The highest BCUT2D eigenvalue weighted by atomic mass is 15.4. The first-order chi connectivity index (χ1) is 6.81. The molecule has 0 unspecified atom stereocenters. The summed E-state index contributed by atoms with van der Waals surface area (Å²) in [5.41, 5.74) is 0. The molecule has 0 radical (unpaired) electrons. The average Bonchev–Trinajstić information content (AvgIpc) is 2.61. The van der Waals surface area contributed by atoms with E-state index in [1.165, 1.54) is 19.3 Å². The topological polar surface area (TPSA) is 33.1 Å². The van der Waals surface area contributed by atoms with E-state index in [1.54, 1.807) is 0 Å². The van der Waals surface area contributed by atoms with Crippen molar-refractivity contribution < 1.29 is 0 Å². The molecule has 2 heterocycles. The van der Waals surface area contributed by atoms with Gasteiger partial charge in [-0.2, -0.15) is 5.10 Å². The molecular formula is C10H18N4. The first-order valence-corrected chi connectivity index (χ1v) is 5.28. The van der Waals surface area contributed by atoms with Crippen molar-refractivity contribution in [3.05, 3.63) is 6.07 Å². The molecule has 1 N–H and O–H groups in total. The third kappa shape index (κ3) is 1.69. The lowest BCUT2D eigenvalue weighted by Gasteiger charge is -2.26. The minimum absolute atomic E-state index is 1.07. The van der Waals surface area contributed by atoms with Crippen LogP contribution in [0.2, 0.25) is 0 Å². The predicted octanol–water partition coefficient (Wildman–Crippen LogP) is 1.45. The molecule has 0 saturated carbocycles. The number of piperidine rings is 1. The van der Waals surface area contributed by atoms with E-state index in [-0.39, 0.29) is 0 Å². The maximum Gasteiger partial charge on any atom is 0.152 e. The molecule has 1 saturated heterocycles. The van der Waals surface area contributed by atoms with Crippen LogP contribution in [0.25, 0.3) is 0 Å². The van der Waals surface area contributed by atoms with Gasteiger partial charge >= 0.3 is 0 Å². The van der Waals surface area contributed by atoms with Crippen molar-refractivity contribution >= 4 is 11.6 Å². The Balaban J connectivity index is 2.14. The van der Waals surface area contributed by atoms with Crippen molar-refractivity contribution in [3.63, 3.8) is 0 Å². The number of anilines is 2. The molecule has 4 nitrogen and oxygen atoms in total. The molecule has 2 rings (SSSR count). The van der Waals surface area contributed by atoms with Crippen molar-refractivity contribution in [1.29, 1.82) is 0 Å². The van der Waals surface area contributed by atoms with Gasteiger partial charge in [0.1, 0.15) is 5.82 Å². The number of hydrogen-bond acceptors (Lipinski definition) is 3. The molecule has 1 aliphatic heterocycles. The van der Waals surface area contributed by atoms with E-state index in [0.29, 0.717) is 0 Å². The molecule has 0 aromatic carbocycles. The molecule has 78 valence electrons. The summed E-state index contributed by atoms with van der Waals surface area (Å²) < 4.78 is 1.89. The summed E-state index contributed by atoms with van der Waals surface area (Å²) in [6.07, 6.45) is 3.96. The van der Waals surface area contributed by atoms with Crippen LogP contribution in [0.4, 0.5) is 11.6 Å². The largest absolute Gasteiger partial charge is 0.373 e. The Morgan fingerprint density at radius 2 is 2.00 bits per heavy atom. The smallest absolute Gasteiger partial charge is 0.152 e. The third-order valence-corrected chi connectivity index (χ3v) is 2.80. The van der Waals surface area contributed by atoms with Gasteiger partial charge in [-0.3, -0.25) is 4.68 Å². The Morgan fingerprint density at radius 3 is 2.57 bits per heavy atom. The molecule has 0 aliphatic carbocycles. The standard InChI is InChI=1S/C10H18N4/c1-11-9-8-10(12-13(9)2)14-6-4-3-5-7-14/h8,11H,3-7H2,1-2H3. The molecule has 0 spiro atoms. The fraction of sp³-hybridized carbons (Fsp3) is 0.700. The summed E-state index contributed by atoms with van der Waals surface area (Å²) in [6, 6.07) is 2.12. The molecule has 0 bridgehead atoms. The highest BCUT2D eigenvalue weighted by molar-refractivity contribution is 5.50. The Labute approximate surface area is 84.9 Å². The van der Waals surface area contributed by atoms with Gasteiger partial charge in [-0.25, -0.2) is 0 Å². The highest BCUT2D eigenvalue weighted by Gasteiger charge is 2.14. The van der Waals surface area contributed by atoms with Crippen LogP contribution in [0.1, 0.15) is 19.3 Å². The summed E-state index contributed by atoms with van der Waals surface area (Å²) in [7, 11) is 3.90. The van der Waals surface area contributed by atoms with Gasteiger partial charge in [-0.15, -0.1) is 0 Å². The fourth-order valence-electron chi connectivity index (χ4n) is 1.96. The zero-order valence-corrected chi connectivity index (χ0v) is 8.95. The quantitative estimate of drug-likeness (QED) is 0.773. The van der Waals surface area contributed by atoms with Crippen molar-refractivity contribution in [3.8, 4) is 0 Å². The second-order valence-electron chi connectivity index (χ2n) is 3.81. The fourth-order valence-corrected chi connectivity index (χ4v) is 1.96. The molecule has 4 heteroatoms. The van der Waals surface area contributed by atoms with Gasteiger partial charge in [-0.05, 0) is 19.3 Å². The van der Waals surface area contributed by atoms with Crippen LogP contribution < -0.4 is 10.2 Å². The van der Waals surface area contributed by atoms with Gasteiger partial charge < -0.3 is 10.2 Å². The molecule has 14 heavy (non-hydrogen) atoms. The molecule has 0 atom stereocenters. The van der Waals surface area contributed by atoms with E-state index in [9.17, 15) is 0 Å². The summed E-state index contributed by atoms with van der Waals surface area (Å²) in [4.78, 5) is 2.37. The normalized spacial score (nSPS) is 17.1. The monoisotopic (exact) mass is 194 g/mol. The number of aryl methyl sites for hydroxylation is 1. The van der Waals surface area contributed by atoms with Gasteiger partial charge in [0, 0.05) is 33.3 Å². The minimum Gasteiger partial charge on any atom is -0.373 e. The molecule has 1 fully saturated rings. The van der Waals surface area contributed by atoms with Crippen LogP contribution in [0.3, 0.4) is 0 Å². The zero-order valence-electron chi connectivity index (χ0n) is 8.95. The van der Waals surface area contributed by atoms with Crippen molar-refractivity contribution in [2.75, 3.05) is 30.4 Å². The van der Waals surface area contributed by atoms with Crippen LogP contribution in [0.5, 0.6) is 0 Å².